The number of hydrogen-bond acceptors (Lipinski definition) is 1. The highest BCUT2D eigenvalue weighted by atomic mass is 19.4. The number of halogens is 12. The number of rotatable bonds is 11. The summed E-state index contributed by atoms with van der Waals surface area (Å²) in [6.45, 7) is 1.68. The molecule has 13 heteroatoms. The molecule has 0 saturated heterocycles. The molecule has 0 aromatic heterocycles. The van der Waals surface area contributed by atoms with Crippen molar-refractivity contribution in [1.82, 2.24) is 0 Å². The zero-order valence-corrected chi connectivity index (χ0v) is 13.9. The maximum absolute atomic E-state index is 13.6. The minimum Gasteiger partial charge on any atom is -0.387 e. The maximum atomic E-state index is 13.6. The van der Waals surface area contributed by atoms with Crippen LogP contribution in [0.5, 0.6) is 0 Å². The highest BCUT2D eigenvalue weighted by Crippen LogP contribution is 2.56. The molecule has 2 atom stereocenters. The van der Waals surface area contributed by atoms with Crippen molar-refractivity contribution in [1.29, 1.82) is 0 Å². The van der Waals surface area contributed by atoms with E-state index in [1.807, 2.05) is 0 Å². The van der Waals surface area contributed by atoms with Crippen LogP contribution in [0.25, 0.3) is 0 Å². The van der Waals surface area contributed by atoms with E-state index in [-0.39, 0.29) is 12.8 Å². The SMILES string of the molecule is CCCCCCC(O)C(F)(F)C(F)(F)C(F)(F)C(F)(F)C(F)CC(F)(F)F. The van der Waals surface area contributed by atoms with Gasteiger partial charge in [-0.1, -0.05) is 32.6 Å². The van der Waals surface area contributed by atoms with Crippen LogP contribution >= 0.6 is 0 Å². The van der Waals surface area contributed by atoms with Crippen molar-refractivity contribution in [2.24, 2.45) is 0 Å². The first-order valence-electron chi connectivity index (χ1n) is 7.76. The summed E-state index contributed by atoms with van der Waals surface area (Å²) in [5.41, 5.74) is 0. The minimum absolute atomic E-state index is 0.139. The molecule has 0 rings (SSSR count). The Bertz CT molecular complexity index is 460. The first kappa shape index (κ1) is 26.1. The Kier molecular flexibility index (Phi) is 8.36. The monoisotopic (exact) mass is 430 g/mol. The molecule has 0 spiro atoms. The van der Waals surface area contributed by atoms with E-state index in [9.17, 15) is 52.7 Å². The van der Waals surface area contributed by atoms with E-state index in [2.05, 4.69) is 0 Å². The zero-order valence-electron chi connectivity index (χ0n) is 13.9. The zero-order chi connectivity index (χ0) is 21.9. The van der Waals surface area contributed by atoms with Crippen molar-refractivity contribution in [2.75, 3.05) is 0 Å². The van der Waals surface area contributed by atoms with Gasteiger partial charge in [0.15, 0.2) is 6.17 Å². The van der Waals surface area contributed by atoms with Crippen molar-refractivity contribution in [3.8, 4) is 0 Å². The van der Waals surface area contributed by atoms with E-state index < -0.39 is 55.0 Å². The Morgan fingerprint density at radius 3 is 1.56 bits per heavy atom. The van der Waals surface area contributed by atoms with Gasteiger partial charge in [-0.05, 0) is 6.42 Å². The normalized spacial score (nSPS) is 17.1. The lowest BCUT2D eigenvalue weighted by atomic mass is 9.90. The van der Waals surface area contributed by atoms with Gasteiger partial charge in [0.2, 0.25) is 0 Å². The predicted octanol–water partition coefficient (Wildman–Crippen LogP) is 6.15. The summed E-state index contributed by atoms with van der Waals surface area (Å²) in [5.74, 6) is -27.2. The molecule has 164 valence electrons. The fraction of sp³-hybridized carbons (Fsp3) is 1.00. The fourth-order valence-corrected chi connectivity index (χ4v) is 2.10. The Morgan fingerprint density at radius 2 is 1.15 bits per heavy atom. The van der Waals surface area contributed by atoms with Gasteiger partial charge in [-0.3, -0.25) is 0 Å². The number of unbranched alkanes of at least 4 members (excludes halogenated alkanes) is 3. The molecule has 27 heavy (non-hydrogen) atoms. The Balaban J connectivity index is 5.58. The van der Waals surface area contributed by atoms with Crippen molar-refractivity contribution >= 4 is 0 Å². The summed E-state index contributed by atoms with van der Waals surface area (Å²) in [6.07, 6.45) is -17.8. The van der Waals surface area contributed by atoms with Crippen molar-refractivity contribution in [2.45, 2.75) is 87.6 Å². The van der Waals surface area contributed by atoms with Crippen molar-refractivity contribution < 1.29 is 57.8 Å². The van der Waals surface area contributed by atoms with Gasteiger partial charge in [-0.25, -0.2) is 4.39 Å². The number of hydrogen-bond donors (Lipinski definition) is 1. The Morgan fingerprint density at radius 1 is 0.704 bits per heavy atom. The molecule has 0 aliphatic heterocycles. The maximum Gasteiger partial charge on any atom is 0.392 e. The lowest BCUT2D eigenvalue weighted by Gasteiger charge is -2.39. The molecule has 0 bridgehead atoms. The molecule has 0 aromatic carbocycles. The second-order valence-electron chi connectivity index (χ2n) is 6.05. The van der Waals surface area contributed by atoms with Crippen molar-refractivity contribution in [3.05, 3.63) is 0 Å². The highest BCUT2D eigenvalue weighted by molar-refractivity contribution is 5.08. The number of aliphatic hydroxyl groups excluding tert-OH is 1. The van der Waals surface area contributed by atoms with Gasteiger partial charge < -0.3 is 5.11 Å². The van der Waals surface area contributed by atoms with E-state index in [4.69, 9.17) is 5.11 Å². The summed E-state index contributed by atoms with van der Waals surface area (Å²) in [6, 6.07) is 0. The molecule has 2 unspecified atom stereocenters. The van der Waals surface area contributed by atoms with E-state index in [1.165, 1.54) is 0 Å². The van der Waals surface area contributed by atoms with Gasteiger partial charge in [-0.15, -0.1) is 0 Å². The second-order valence-corrected chi connectivity index (χ2v) is 6.05. The van der Waals surface area contributed by atoms with Gasteiger partial charge in [0.25, 0.3) is 0 Å². The number of aliphatic hydroxyl groups is 1. The topological polar surface area (TPSA) is 20.2 Å². The van der Waals surface area contributed by atoms with Gasteiger partial charge in [0, 0.05) is 0 Å². The third kappa shape index (κ3) is 5.57. The van der Waals surface area contributed by atoms with Crippen LogP contribution in [0, 0.1) is 0 Å². The molecule has 1 nitrogen and oxygen atoms in total. The Hall–Kier alpha value is -0.880. The van der Waals surface area contributed by atoms with Crippen LogP contribution in [0.3, 0.4) is 0 Å². The first-order valence-corrected chi connectivity index (χ1v) is 7.76. The lowest BCUT2D eigenvalue weighted by Crippen LogP contribution is -2.67. The second kappa shape index (κ2) is 8.64. The third-order valence-corrected chi connectivity index (χ3v) is 3.79. The fourth-order valence-electron chi connectivity index (χ4n) is 2.10. The molecular weight excluding hydrogens is 412 g/mol. The van der Waals surface area contributed by atoms with Gasteiger partial charge >= 0.3 is 29.9 Å². The van der Waals surface area contributed by atoms with Gasteiger partial charge in [0.1, 0.15) is 6.10 Å². The highest BCUT2D eigenvalue weighted by Gasteiger charge is 2.83. The molecule has 0 fully saturated rings. The van der Waals surface area contributed by atoms with E-state index in [0.717, 1.165) is 0 Å². The average Bonchev–Trinajstić information content (AvgIpc) is 2.48. The molecule has 0 radical (unpaired) electrons. The average molecular weight is 430 g/mol. The van der Waals surface area contributed by atoms with Crippen molar-refractivity contribution in [3.63, 3.8) is 0 Å². The van der Waals surface area contributed by atoms with E-state index >= 15 is 0 Å². The summed E-state index contributed by atoms with van der Waals surface area (Å²) >= 11 is 0. The van der Waals surface area contributed by atoms with Crippen LogP contribution in [0.15, 0.2) is 0 Å². The van der Waals surface area contributed by atoms with E-state index in [1.54, 1.807) is 6.92 Å². The summed E-state index contributed by atoms with van der Waals surface area (Å²) in [4.78, 5) is 0. The van der Waals surface area contributed by atoms with Crippen LogP contribution < -0.4 is 0 Å². The van der Waals surface area contributed by atoms with Crippen LogP contribution in [-0.4, -0.2) is 47.2 Å². The van der Waals surface area contributed by atoms with Crippen LogP contribution in [0.2, 0.25) is 0 Å². The smallest absolute Gasteiger partial charge is 0.387 e. The summed E-state index contributed by atoms with van der Waals surface area (Å²) < 4.78 is 156. The van der Waals surface area contributed by atoms with Crippen LogP contribution in [0.4, 0.5) is 52.7 Å². The van der Waals surface area contributed by atoms with Crippen LogP contribution in [-0.2, 0) is 0 Å². The third-order valence-electron chi connectivity index (χ3n) is 3.79. The summed E-state index contributed by atoms with van der Waals surface area (Å²) in [5, 5.41) is 9.08. The first-order chi connectivity index (χ1) is 11.9. The molecule has 0 amide bonds. The molecule has 0 aromatic rings. The predicted molar refractivity (Wildman–Crippen MR) is 70.1 cm³/mol. The largest absolute Gasteiger partial charge is 0.392 e. The molecule has 0 aliphatic carbocycles. The molecule has 0 heterocycles. The van der Waals surface area contributed by atoms with Crippen LogP contribution in [0.1, 0.15) is 45.4 Å². The standard InChI is InChI=1S/C14H18F12O/c1-2-3-4-5-6-9(27)12(21,22)14(25,26)13(23,24)11(19,20)8(15)7-10(16,17)18/h8-9,27H,2-7H2,1H3. The minimum atomic E-state index is -7.21. The molecular formula is C14H18F12O. The van der Waals surface area contributed by atoms with Gasteiger partial charge in [-0.2, -0.15) is 48.3 Å². The van der Waals surface area contributed by atoms with Gasteiger partial charge in [0.05, 0.1) is 6.42 Å². The number of alkyl halides is 12. The molecule has 0 saturated carbocycles. The quantitative estimate of drug-likeness (QED) is 0.308. The summed E-state index contributed by atoms with van der Waals surface area (Å²) in [7, 11) is 0. The van der Waals surface area contributed by atoms with E-state index in [0.29, 0.717) is 12.8 Å². The lowest BCUT2D eigenvalue weighted by molar-refractivity contribution is -0.390. The molecule has 0 aliphatic rings. The Labute approximate surface area is 146 Å². The molecule has 1 N–H and O–H groups in total.